The van der Waals surface area contributed by atoms with Crippen molar-refractivity contribution in [1.82, 2.24) is 19.6 Å². The Balaban J connectivity index is 0.000000436. The normalized spacial score (nSPS) is 9.17. The topological polar surface area (TPSA) is 137 Å². The number of nitrogens with zero attached hydrogens (tertiary/aromatic N) is 5. The highest BCUT2D eigenvalue weighted by molar-refractivity contribution is 5.89. The lowest BCUT2D eigenvalue weighted by Crippen LogP contribution is -2.08. The minimum Gasteiger partial charge on any atom is -0.309 e. The number of nitrogens with one attached hydrogen (secondary N) is 2. The van der Waals surface area contributed by atoms with Gasteiger partial charge in [-0.05, 0) is 0 Å². The summed E-state index contributed by atoms with van der Waals surface area (Å²) in [7, 11) is 3.34. The number of hydrogen-bond donors (Lipinski definition) is 2. The van der Waals surface area contributed by atoms with Crippen LogP contribution in [0.1, 0.15) is 21.3 Å². The van der Waals surface area contributed by atoms with Crippen LogP contribution in [0, 0.1) is 10.1 Å². The van der Waals surface area contributed by atoms with Gasteiger partial charge in [0, 0.05) is 40.2 Å². The Bertz CT molecular complexity index is 720. The van der Waals surface area contributed by atoms with Gasteiger partial charge in [0.2, 0.25) is 17.6 Å². The van der Waals surface area contributed by atoms with Crippen molar-refractivity contribution in [2.45, 2.75) is 21.3 Å². The van der Waals surface area contributed by atoms with E-state index in [1.807, 2.05) is 0 Å². The first-order valence-corrected chi connectivity index (χ1v) is 6.42. The predicted octanol–water partition coefficient (Wildman–Crippen LogP) is 1.30. The van der Waals surface area contributed by atoms with Crippen LogP contribution in [0.2, 0.25) is 0 Å². The lowest BCUT2D eigenvalue weighted by Gasteiger charge is -1.94. The second-order valence-electron chi connectivity index (χ2n) is 4.53. The molecule has 11 nitrogen and oxygen atoms in total. The van der Waals surface area contributed by atoms with Crippen LogP contribution in [0.25, 0.3) is 0 Å². The molecule has 2 aromatic rings. The molecule has 132 valence electrons. The van der Waals surface area contributed by atoms with Crippen LogP contribution in [0.15, 0.2) is 18.5 Å². The molecule has 2 amide bonds. The highest BCUT2D eigenvalue weighted by Gasteiger charge is 2.18. The first-order chi connectivity index (χ1) is 10.7. The summed E-state index contributed by atoms with van der Waals surface area (Å²) in [6, 6.07) is 1.74. The molecule has 0 aromatic carbocycles. The number of aromatic nitrogens is 4. The van der Waals surface area contributed by atoms with Crippen molar-refractivity contribution >= 4 is 29.1 Å². The highest BCUT2D eigenvalue weighted by atomic mass is 16.6. The standard InChI is InChI=1S/C6H8N4O3.C6H9N3O.CH4/c1-4(11)7-6-5(10(12)13)3-9(2)8-6;1-5(10)7-6-3-4-9(2)8-6;/h3H,1-2H3,(H,7,8,11);3-4H,1-2H3,(H,7,8,10);1H4. The Morgan fingerprint density at radius 2 is 1.71 bits per heavy atom. The van der Waals surface area contributed by atoms with E-state index < -0.39 is 4.92 Å². The number of anilines is 2. The van der Waals surface area contributed by atoms with E-state index in [9.17, 15) is 19.7 Å². The molecule has 0 aliphatic rings. The molecule has 24 heavy (non-hydrogen) atoms. The maximum Gasteiger partial charge on any atom is 0.331 e. The molecule has 0 aliphatic carbocycles. The quantitative estimate of drug-likeness (QED) is 0.638. The molecule has 0 spiro atoms. The van der Waals surface area contributed by atoms with Crippen molar-refractivity contribution < 1.29 is 14.5 Å². The Hall–Kier alpha value is -3.24. The van der Waals surface area contributed by atoms with E-state index in [0.717, 1.165) is 0 Å². The summed E-state index contributed by atoms with van der Waals surface area (Å²) >= 11 is 0. The number of carbonyl (C=O) groups is 2. The van der Waals surface area contributed by atoms with Crippen LogP contribution in [0.3, 0.4) is 0 Å². The van der Waals surface area contributed by atoms with Gasteiger partial charge in [-0.1, -0.05) is 7.43 Å². The van der Waals surface area contributed by atoms with Gasteiger partial charge in [0.05, 0.1) is 4.92 Å². The van der Waals surface area contributed by atoms with Gasteiger partial charge in [-0.15, -0.1) is 5.10 Å². The van der Waals surface area contributed by atoms with Gasteiger partial charge in [0.25, 0.3) is 0 Å². The van der Waals surface area contributed by atoms with E-state index in [2.05, 4.69) is 20.8 Å². The van der Waals surface area contributed by atoms with Crippen LogP contribution in [0.5, 0.6) is 0 Å². The molecule has 0 unspecified atom stereocenters. The third kappa shape index (κ3) is 6.68. The third-order valence-electron chi connectivity index (χ3n) is 2.32. The van der Waals surface area contributed by atoms with Gasteiger partial charge in [-0.25, -0.2) is 0 Å². The molecule has 0 radical (unpaired) electrons. The fraction of sp³-hybridized carbons (Fsp3) is 0.385. The fourth-order valence-corrected chi connectivity index (χ4v) is 1.53. The Morgan fingerprint density at radius 3 is 2.12 bits per heavy atom. The molecule has 0 aliphatic heterocycles. The number of hydrogen-bond acceptors (Lipinski definition) is 6. The number of amides is 2. The van der Waals surface area contributed by atoms with Crippen LogP contribution in [0.4, 0.5) is 17.3 Å². The molecular formula is C13H21N7O4. The van der Waals surface area contributed by atoms with Gasteiger partial charge in [0.1, 0.15) is 6.20 Å². The number of rotatable bonds is 3. The Labute approximate surface area is 138 Å². The third-order valence-corrected chi connectivity index (χ3v) is 2.32. The largest absolute Gasteiger partial charge is 0.331 e. The lowest BCUT2D eigenvalue weighted by atomic mass is 10.5. The first-order valence-electron chi connectivity index (χ1n) is 6.42. The van der Waals surface area contributed by atoms with Gasteiger partial charge < -0.3 is 10.6 Å². The molecule has 0 bridgehead atoms. The molecule has 0 fully saturated rings. The zero-order valence-electron chi connectivity index (χ0n) is 13.1. The maximum atomic E-state index is 10.6. The van der Waals surface area contributed by atoms with Crippen molar-refractivity contribution in [2.24, 2.45) is 14.1 Å². The molecule has 2 rings (SSSR count). The average Bonchev–Trinajstić information content (AvgIpc) is 2.95. The molecule has 2 aromatic heterocycles. The van der Waals surface area contributed by atoms with E-state index in [1.54, 1.807) is 24.0 Å². The minimum atomic E-state index is -0.599. The summed E-state index contributed by atoms with van der Waals surface area (Å²) < 4.78 is 2.90. The number of nitro groups is 1. The second-order valence-corrected chi connectivity index (χ2v) is 4.53. The lowest BCUT2D eigenvalue weighted by molar-refractivity contribution is -0.384. The summed E-state index contributed by atoms with van der Waals surface area (Å²) in [5, 5.41) is 22.9. The van der Waals surface area contributed by atoms with Crippen molar-refractivity contribution in [3.63, 3.8) is 0 Å². The molecule has 2 N–H and O–H groups in total. The first kappa shape index (κ1) is 20.8. The summed E-state index contributed by atoms with van der Waals surface area (Å²) in [5.41, 5.74) is -0.210. The number of aryl methyl sites for hydroxylation is 2. The monoisotopic (exact) mass is 339 g/mol. The molecule has 0 saturated carbocycles. The predicted molar refractivity (Wildman–Crippen MR) is 88.4 cm³/mol. The molecule has 11 heteroatoms. The summed E-state index contributed by atoms with van der Waals surface area (Å²) in [6.07, 6.45) is 3.00. The van der Waals surface area contributed by atoms with E-state index in [-0.39, 0.29) is 30.7 Å². The summed E-state index contributed by atoms with van der Waals surface area (Å²) in [5.74, 6) is 0.0792. The van der Waals surface area contributed by atoms with Gasteiger partial charge >= 0.3 is 5.69 Å². The van der Waals surface area contributed by atoms with Crippen molar-refractivity contribution in [2.75, 3.05) is 10.6 Å². The van der Waals surface area contributed by atoms with Crippen molar-refractivity contribution in [3.8, 4) is 0 Å². The zero-order chi connectivity index (χ0) is 17.6. The summed E-state index contributed by atoms with van der Waals surface area (Å²) in [4.78, 5) is 30.9. The Kier molecular flexibility index (Phi) is 7.81. The van der Waals surface area contributed by atoms with Crippen molar-refractivity contribution in [1.29, 1.82) is 0 Å². The smallest absolute Gasteiger partial charge is 0.309 e. The fourth-order valence-electron chi connectivity index (χ4n) is 1.53. The van der Waals surface area contributed by atoms with Crippen LogP contribution < -0.4 is 10.6 Å². The van der Waals surface area contributed by atoms with Gasteiger partial charge in [-0.2, -0.15) is 5.10 Å². The average molecular weight is 339 g/mol. The maximum absolute atomic E-state index is 10.6. The summed E-state index contributed by atoms with van der Waals surface area (Å²) in [6.45, 7) is 2.72. The van der Waals surface area contributed by atoms with Crippen molar-refractivity contribution in [3.05, 3.63) is 28.6 Å². The molecule has 0 atom stereocenters. The van der Waals surface area contributed by atoms with Gasteiger partial charge in [0.15, 0.2) is 5.82 Å². The zero-order valence-corrected chi connectivity index (χ0v) is 13.1. The molecular weight excluding hydrogens is 318 g/mol. The van der Waals surface area contributed by atoms with E-state index in [0.29, 0.717) is 5.82 Å². The van der Waals surface area contributed by atoms with Crippen LogP contribution in [-0.2, 0) is 23.7 Å². The molecule has 0 saturated heterocycles. The van der Waals surface area contributed by atoms with Crippen LogP contribution in [-0.4, -0.2) is 36.3 Å². The van der Waals surface area contributed by atoms with E-state index in [4.69, 9.17) is 0 Å². The van der Waals surface area contributed by atoms with E-state index >= 15 is 0 Å². The van der Waals surface area contributed by atoms with Gasteiger partial charge in [-0.3, -0.25) is 29.1 Å². The van der Waals surface area contributed by atoms with E-state index in [1.165, 1.54) is 31.8 Å². The van der Waals surface area contributed by atoms with Crippen LogP contribution >= 0.6 is 0 Å². The molecule has 2 heterocycles. The Morgan fingerprint density at radius 1 is 1.12 bits per heavy atom. The SMILES string of the molecule is C.CC(=O)Nc1ccn(C)n1.CC(=O)Nc1nn(C)cc1[N+](=O)[O-]. The highest BCUT2D eigenvalue weighted by Crippen LogP contribution is 2.20. The second kappa shape index (κ2) is 9.02. The number of carbonyl (C=O) groups excluding carboxylic acids is 2. The minimum absolute atomic E-state index is 0.